The molecule has 8 heteroatoms. The standard InChI is InChI=1S/C16H12Cl2F3NO2/c1-8(23)22-13-4-2-3-10(14(13)18)15(24)9-5-6-12(17)11(7-9)16(19,20)21/h2-7,15,24H,1H3,(H,22,23). The van der Waals surface area contributed by atoms with Crippen molar-refractivity contribution in [1.29, 1.82) is 0 Å². The van der Waals surface area contributed by atoms with Crippen molar-refractivity contribution in [2.24, 2.45) is 0 Å². The van der Waals surface area contributed by atoms with E-state index in [2.05, 4.69) is 5.32 Å². The molecule has 0 aliphatic heterocycles. The normalized spacial score (nSPS) is 12.8. The number of benzene rings is 2. The molecule has 0 aliphatic rings. The van der Waals surface area contributed by atoms with Crippen molar-refractivity contribution in [3.8, 4) is 0 Å². The number of halogens is 5. The first kappa shape index (κ1) is 18.6. The second kappa shape index (κ2) is 7.01. The summed E-state index contributed by atoms with van der Waals surface area (Å²) < 4.78 is 38.8. The van der Waals surface area contributed by atoms with E-state index in [1.165, 1.54) is 31.2 Å². The first-order chi connectivity index (χ1) is 11.1. The minimum atomic E-state index is -4.64. The molecule has 3 nitrogen and oxygen atoms in total. The van der Waals surface area contributed by atoms with Gasteiger partial charge in [0.1, 0.15) is 6.10 Å². The largest absolute Gasteiger partial charge is 0.417 e. The number of anilines is 1. The number of alkyl halides is 3. The topological polar surface area (TPSA) is 49.3 Å². The van der Waals surface area contributed by atoms with Gasteiger partial charge in [-0.2, -0.15) is 13.2 Å². The maximum atomic E-state index is 12.9. The molecule has 2 rings (SSSR count). The van der Waals surface area contributed by atoms with E-state index in [-0.39, 0.29) is 27.7 Å². The third-order valence-corrected chi connectivity index (χ3v) is 4.00. The third-order valence-electron chi connectivity index (χ3n) is 3.25. The van der Waals surface area contributed by atoms with Gasteiger partial charge in [-0.3, -0.25) is 4.79 Å². The van der Waals surface area contributed by atoms with Crippen LogP contribution in [0.2, 0.25) is 10.0 Å². The van der Waals surface area contributed by atoms with E-state index in [1.807, 2.05) is 0 Å². The second-order valence-electron chi connectivity index (χ2n) is 5.03. The highest BCUT2D eigenvalue weighted by Gasteiger charge is 2.34. The van der Waals surface area contributed by atoms with Crippen LogP contribution in [0.1, 0.15) is 29.7 Å². The van der Waals surface area contributed by atoms with E-state index in [1.54, 1.807) is 0 Å². The van der Waals surface area contributed by atoms with Crippen molar-refractivity contribution in [2.45, 2.75) is 19.2 Å². The van der Waals surface area contributed by atoms with Crippen LogP contribution in [0, 0.1) is 0 Å². The number of hydrogen-bond donors (Lipinski definition) is 2. The molecule has 0 radical (unpaired) electrons. The SMILES string of the molecule is CC(=O)Nc1cccc(C(O)c2ccc(Cl)c(C(F)(F)F)c2)c1Cl. The molecule has 1 atom stereocenters. The molecule has 128 valence electrons. The zero-order valence-corrected chi connectivity index (χ0v) is 13.8. The van der Waals surface area contributed by atoms with Gasteiger partial charge in [-0.15, -0.1) is 0 Å². The molecule has 2 N–H and O–H groups in total. The lowest BCUT2D eigenvalue weighted by molar-refractivity contribution is -0.137. The van der Waals surface area contributed by atoms with Gasteiger partial charge in [-0.25, -0.2) is 0 Å². The van der Waals surface area contributed by atoms with Gasteiger partial charge in [0.25, 0.3) is 0 Å². The Morgan fingerprint density at radius 3 is 2.46 bits per heavy atom. The Labute approximate surface area is 146 Å². The molecule has 0 heterocycles. The molecule has 0 aromatic heterocycles. The maximum Gasteiger partial charge on any atom is 0.417 e. The molecule has 2 aromatic rings. The van der Waals surface area contributed by atoms with Crippen LogP contribution in [0.3, 0.4) is 0 Å². The number of aliphatic hydroxyl groups excluding tert-OH is 1. The van der Waals surface area contributed by atoms with E-state index >= 15 is 0 Å². The van der Waals surface area contributed by atoms with Crippen LogP contribution < -0.4 is 5.32 Å². The molecular formula is C16H12Cl2F3NO2. The minimum absolute atomic E-state index is 0.0198. The maximum absolute atomic E-state index is 12.9. The van der Waals surface area contributed by atoms with E-state index in [9.17, 15) is 23.1 Å². The summed E-state index contributed by atoms with van der Waals surface area (Å²) in [7, 11) is 0. The fraction of sp³-hybridized carbons (Fsp3) is 0.188. The molecule has 24 heavy (non-hydrogen) atoms. The highest BCUT2D eigenvalue weighted by atomic mass is 35.5. The van der Waals surface area contributed by atoms with Crippen LogP contribution in [-0.2, 0) is 11.0 Å². The summed E-state index contributed by atoms with van der Waals surface area (Å²) in [5.74, 6) is -0.366. The van der Waals surface area contributed by atoms with Crippen LogP contribution in [0.25, 0.3) is 0 Å². The number of nitrogens with one attached hydrogen (secondary N) is 1. The lowest BCUT2D eigenvalue weighted by Gasteiger charge is -2.17. The van der Waals surface area contributed by atoms with Crippen molar-refractivity contribution in [3.63, 3.8) is 0 Å². The summed E-state index contributed by atoms with van der Waals surface area (Å²) in [6.45, 7) is 1.29. The van der Waals surface area contributed by atoms with Crippen LogP contribution in [0.5, 0.6) is 0 Å². The van der Waals surface area contributed by atoms with Gasteiger partial charge in [0.05, 0.1) is 21.3 Å². The summed E-state index contributed by atoms with van der Waals surface area (Å²) >= 11 is 11.7. The smallest absolute Gasteiger partial charge is 0.384 e. The predicted molar refractivity (Wildman–Crippen MR) is 86.3 cm³/mol. The van der Waals surface area contributed by atoms with Crippen LogP contribution in [-0.4, -0.2) is 11.0 Å². The van der Waals surface area contributed by atoms with Gasteiger partial charge in [-0.1, -0.05) is 41.4 Å². The fourth-order valence-corrected chi connectivity index (χ4v) is 2.66. The average molecular weight is 378 g/mol. The highest BCUT2D eigenvalue weighted by Crippen LogP contribution is 2.39. The molecule has 0 saturated carbocycles. The van der Waals surface area contributed by atoms with Crippen molar-refractivity contribution in [1.82, 2.24) is 0 Å². The summed E-state index contributed by atoms with van der Waals surface area (Å²) in [6, 6.07) is 7.62. The Bertz CT molecular complexity index is 778. The Hall–Kier alpha value is -1.76. The molecule has 0 fully saturated rings. The molecular weight excluding hydrogens is 366 g/mol. The number of carbonyl (C=O) groups excluding carboxylic acids is 1. The molecule has 1 unspecified atom stereocenters. The quantitative estimate of drug-likeness (QED) is 0.785. The van der Waals surface area contributed by atoms with Gasteiger partial charge >= 0.3 is 6.18 Å². The van der Waals surface area contributed by atoms with Gasteiger partial charge in [0.15, 0.2) is 0 Å². The summed E-state index contributed by atoms with van der Waals surface area (Å²) in [5.41, 5.74) is -0.646. The number of amides is 1. The molecule has 0 spiro atoms. The van der Waals surface area contributed by atoms with E-state index in [0.29, 0.717) is 0 Å². The molecule has 0 aliphatic carbocycles. The zero-order chi connectivity index (χ0) is 18.1. The first-order valence-electron chi connectivity index (χ1n) is 6.72. The Morgan fingerprint density at radius 1 is 1.21 bits per heavy atom. The molecule has 0 bridgehead atoms. The molecule has 1 amide bonds. The van der Waals surface area contributed by atoms with Crippen molar-refractivity contribution < 1.29 is 23.1 Å². The first-order valence-corrected chi connectivity index (χ1v) is 7.47. The summed E-state index contributed by atoms with van der Waals surface area (Å²) in [6.07, 6.45) is -6.06. The van der Waals surface area contributed by atoms with E-state index in [0.717, 1.165) is 12.1 Å². The van der Waals surface area contributed by atoms with Gasteiger partial charge in [-0.05, 0) is 23.8 Å². The average Bonchev–Trinajstić information content (AvgIpc) is 2.47. The Balaban J connectivity index is 2.46. The summed E-state index contributed by atoms with van der Waals surface area (Å²) in [4.78, 5) is 11.1. The van der Waals surface area contributed by atoms with Crippen LogP contribution in [0.4, 0.5) is 18.9 Å². The highest BCUT2D eigenvalue weighted by molar-refractivity contribution is 6.34. The Kier molecular flexibility index (Phi) is 5.42. The Morgan fingerprint density at radius 2 is 1.88 bits per heavy atom. The lowest BCUT2D eigenvalue weighted by Crippen LogP contribution is -2.10. The van der Waals surface area contributed by atoms with Crippen molar-refractivity contribution >= 4 is 34.8 Å². The van der Waals surface area contributed by atoms with Gasteiger partial charge in [0, 0.05) is 12.5 Å². The minimum Gasteiger partial charge on any atom is -0.384 e. The number of carbonyl (C=O) groups is 1. The second-order valence-corrected chi connectivity index (χ2v) is 5.81. The van der Waals surface area contributed by atoms with E-state index in [4.69, 9.17) is 23.2 Å². The number of aliphatic hydroxyl groups is 1. The van der Waals surface area contributed by atoms with Crippen LogP contribution >= 0.6 is 23.2 Å². The molecule has 0 saturated heterocycles. The fourth-order valence-electron chi connectivity index (χ4n) is 2.16. The number of hydrogen-bond acceptors (Lipinski definition) is 2. The van der Waals surface area contributed by atoms with Crippen molar-refractivity contribution in [3.05, 3.63) is 63.1 Å². The molecule has 2 aromatic carbocycles. The lowest BCUT2D eigenvalue weighted by atomic mass is 9.99. The number of rotatable bonds is 3. The van der Waals surface area contributed by atoms with Crippen LogP contribution in [0.15, 0.2) is 36.4 Å². The third kappa shape index (κ3) is 4.01. The van der Waals surface area contributed by atoms with E-state index < -0.39 is 22.9 Å². The predicted octanol–water partition coefficient (Wildman–Crippen LogP) is 5.05. The summed E-state index contributed by atoms with van der Waals surface area (Å²) in [5, 5.41) is 12.5. The van der Waals surface area contributed by atoms with Gasteiger partial charge in [0.2, 0.25) is 5.91 Å². The monoisotopic (exact) mass is 377 g/mol. The zero-order valence-electron chi connectivity index (χ0n) is 12.3. The van der Waals surface area contributed by atoms with Crippen molar-refractivity contribution in [2.75, 3.05) is 5.32 Å². The van der Waals surface area contributed by atoms with Gasteiger partial charge < -0.3 is 10.4 Å².